The molecule has 2 aromatic carbocycles. The quantitative estimate of drug-likeness (QED) is 0.417. The van der Waals surface area contributed by atoms with E-state index < -0.39 is 0 Å². The summed E-state index contributed by atoms with van der Waals surface area (Å²) in [4.78, 5) is 0. The van der Waals surface area contributed by atoms with Crippen LogP contribution in [0, 0.1) is 6.92 Å². The normalized spacial score (nSPS) is 11.3. The van der Waals surface area contributed by atoms with E-state index in [9.17, 15) is 0 Å². The summed E-state index contributed by atoms with van der Waals surface area (Å²) in [7, 11) is 0. The van der Waals surface area contributed by atoms with E-state index in [1.165, 1.54) is 0 Å². The molecule has 2 aromatic heterocycles. The lowest BCUT2D eigenvalue weighted by atomic mass is 10.2. The fourth-order valence-electron chi connectivity index (χ4n) is 2.84. The molecule has 4 aromatic rings. The van der Waals surface area contributed by atoms with E-state index in [0.29, 0.717) is 17.5 Å². The van der Waals surface area contributed by atoms with Crippen LogP contribution < -0.4 is 5.43 Å². The largest absolute Gasteiger partial charge is 0.259 e. The van der Waals surface area contributed by atoms with Crippen molar-refractivity contribution in [2.24, 2.45) is 5.10 Å². The van der Waals surface area contributed by atoms with Gasteiger partial charge in [-0.2, -0.15) is 15.3 Å². The third kappa shape index (κ3) is 3.66. The first-order valence-electron chi connectivity index (χ1n) is 8.48. The van der Waals surface area contributed by atoms with Gasteiger partial charge in [0.2, 0.25) is 0 Å². The average molecular weight is 377 g/mol. The predicted molar refractivity (Wildman–Crippen MR) is 108 cm³/mol. The van der Waals surface area contributed by atoms with Crippen LogP contribution in [-0.2, 0) is 6.54 Å². The van der Waals surface area contributed by atoms with Crippen molar-refractivity contribution in [2.75, 3.05) is 5.43 Å². The van der Waals surface area contributed by atoms with Gasteiger partial charge in [-0.3, -0.25) is 5.43 Å². The minimum atomic E-state index is 0.547. The number of nitrogens with one attached hydrogen (secondary N) is 1. The Kier molecular flexibility index (Phi) is 4.80. The molecule has 27 heavy (non-hydrogen) atoms. The Balaban J connectivity index is 1.55. The molecule has 1 N–H and O–H groups in total. The van der Waals surface area contributed by atoms with Crippen molar-refractivity contribution in [2.45, 2.75) is 13.5 Å². The van der Waals surface area contributed by atoms with Gasteiger partial charge in [0.1, 0.15) is 5.15 Å². The summed E-state index contributed by atoms with van der Waals surface area (Å²) < 4.78 is 1.77. The third-order valence-corrected chi connectivity index (χ3v) is 4.62. The first-order chi connectivity index (χ1) is 13.2. The van der Waals surface area contributed by atoms with Gasteiger partial charge in [-0.05, 0) is 12.5 Å². The number of aromatic nitrogens is 4. The van der Waals surface area contributed by atoms with E-state index >= 15 is 0 Å². The highest BCUT2D eigenvalue weighted by molar-refractivity contribution is 6.32. The van der Waals surface area contributed by atoms with E-state index in [1.54, 1.807) is 17.1 Å². The second-order valence-electron chi connectivity index (χ2n) is 6.08. The van der Waals surface area contributed by atoms with Crippen molar-refractivity contribution in [1.29, 1.82) is 0 Å². The number of hydrogen-bond donors (Lipinski definition) is 1. The van der Waals surface area contributed by atoms with Crippen LogP contribution >= 0.6 is 11.6 Å². The summed E-state index contributed by atoms with van der Waals surface area (Å²) in [5.41, 5.74) is 5.67. The number of nitrogens with zero attached hydrogens (tertiary/aromatic N) is 5. The minimum absolute atomic E-state index is 0.547. The van der Waals surface area contributed by atoms with Crippen molar-refractivity contribution in [3.63, 3.8) is 0 Å². The van der Waals surface area contributed by atoms with Crippen molar-refractivity contribution < 1.29 is 0 Å². The minimum Gasteiger partial charge on any atom is -0.259 e. The SMILES string of the molecule is Cc1nn(Cc2ccccc2)c(Cl)c1C=NNc1nncc2ccccc12. The van der Waals surface area contributed by atoms with Gasteiger partial charge in [0.15, 0.2) is 5.82 Å². The van der Waals surface area contributed by atoms with Crippen LogP contribution in [0.5, 0.6) is 0 Å². The zero-order chi connectivity index (χ0) is 18.6. The number of benzene rings is 2. The molecule has 0 aliphatic carbocycles. The van der Waals surface area contributed by atoms with Gasteiger partial charge in [-0.1, -0.05) is 66.2 Å². The number of rotatable bonds is 5. The number of fused-ring (bicyclic) bond motifs is 1. The smallest absolute Gasteiger partial charge is 0.176 e. The Morgan fingerprint density at radius 2 is 1.89 bits per heavy atom. The van der Waals surface area contributed by atoms with Crippen molar-refractivity contribution in [3.05, 3.63) is 82.8 Å². The van der Waals surface area contributed by atoms with Gasteiger partial charge >= 0.3 is 0 Å². The number of hydrazone groups is 1. The molecule has 0 atom stereocenters. The zero-order valence-electron chi connectivity index (χ0n) is 14.7. The van der Waals surface area contributed by atoms with Crippen LogP contribution in [0.4, 0.5) is 5.82 Å². The number of hydrogen-bond acceptors (Lipinski definition) is 5. The summed E-state index contributed by atoms with van der Waals surface area (Å²) in [6.45, 7) is 2.52. The number of halogens is 1. The molecule has 0 unspecified atom stereocenters. The molecule has 7 heteroatoms. The maximum Gasteiger partial charge on any atom is 0.176 e. The molecular formula is C20H17ClN6. The van der Waals surface area contributed by atoms with E-state index in [4.69, 9.17) is 11.6 Å². The summed E-state index contributed by atoms with van der Waals surface area (Å²) in [5, 5.41) is 19.4. The Bertz CT molecular complexity index is 1100. The fourth-order valence-corrected chi connectivity index (χ4v) is 3.13. The molecule has 4 rings (SSSR count). The molecule has 0 saturated heterocycles. The summed E-state index contributed by atoms with van der Waals surface area (Å²) in [6.07, 6.45) is 3.38. The highest BCUT2D eigenvalue weighted by Crippen LogP contribution is 2.21. The molecule has 0 fully saturated rings. The Hall–Kier alpha value is -3.25. The molecular weight excluding hydrogens is 360 g/mol. The molecule has 0 aliphatic heterocycles. The lowest BCUT2D eigenvalue weighted by Crippen LogP contribution is -2.02. The van der Waals surface area contributed by atoms with Gasteiger partial charge in [0.05, 0.1) is 30.2 Å². The molecule has 6 nitrogen and oxygen atoms in total. The number of aryl methyl sites for hydroxylation is 1. The van der Waals surface area contributed by atoms with Crippen molar-refractivity contribution >= 4 is 34.4 Å². The monoisotopic (exact) mass is 376 g/mol. The second-order valence-corrected chi connectivity index (χ2v) is 6.44. The van der Waals surface area contributed by atoms with E-state index in [2.05, 4.69) is 25.8 Å². The highest BCUT2D eigenvalue weighted by Gasteiger charge is 2.12. The number of anilines is 1. The Morgan fingerprint density at radius 1 is 1.11 bits per heavy atom. The molecule has 0 amide bonds. The van der Waals surface area contributed by atoms with Gasteiger partial charge in [0.25, 0.3) is 0 Å². The zero-order valence-corrected chi connectivity index (χ0v) is 15.4. The molecule has 0 bridgehead atoms. The molecule has 0 spiro atoms. The van der Waals surface area contributed by atoms with Crippen LogP contribution in [0.2, 0.25) is 5.15 Å². The maximum atomic E-state index is 6.51. The van der Waals surface area contributed by atoms with E-state index in [0.717, 1.165) is 27.6 Å². The first-order valence-corrected chi connectivity index (χ1v) is 8.86. The lowest BCUT2D eigenvalue weighted by molar-refractivity contribution is 0.680. The van der Waals surface area contributed by atoms with Crippen molar-refractivity contribution in [1.82, 2.24) is 20.0 Å². The average Bonchev–Trinajstić information content (AvgIpc) is 2.96. The second kappa shape index (κ2) is 7.55. The van der Waals surface area contributed by atoms with Crippen LogP contribution in [0.1, 0.15) is 16.8 Å². The molecule has 2 heterocycles. The van der Waals surface area contributed by atoms with E-state index in [-0.39, 0.29) is 0 Å². The maximum absolute atomic E-state index is 6.51. The molecule has 0 radical (unpaired) electrons. The van der Waals surface area contributed by atoms with Crippen LogP contribution in [0.15, 0.2) is 65.9 Å². The van der Waals surface area contributed by atoms with Crippen LogP contribution in [0.3, 0.4) is 0 Å². The molecule has 0 saturated carbocycles. The lowest BCUT2D eigenvalue weighted by Gasteiger charge is -2.03. The summed E-state index contributed by atoms with van der Waals surface area (Å²) in [6, 6.07) is 17.9. The highest BCUT2D eigenvalue weighted by atomic mass is 35.5. The molecule has 0 aliphatic rings. The topological polar surface area (TPSA) is 68.0 Å². The van der Waals surface area contributed by atoms with Gasteiger partial charge in [-0.15, -0.1) is 5.10 Å². The Morgan fingerprint density at radius 3 is 2.74 bits per heavy atom. The summed E-state index contributed by atoms with van der Waals surface area (Å²) >= 11 is 6.51. The third-order valence-electron chi connectivity index (χ3n) is 4.22. The van der Waals surface area contributed by atoms with Gasteiger partial charge in [-0.25, -0.2) is 4.68 Å². The van der Waals surface area contributed by atoms with E-state index in [1.807, 2.05) is 61.5 Å². The standard InChI is InChI=1S/C20H17ClN6/c1-14-18(19(21)27(26-14)13-15-7-3-2-4-8-15)12-23-25-20-17-10-6-5-9-16(17)11-22-24-20/h2-12H,13H2,1H3,(H,24,25). The van der Waals surface area contributed by atoms with Gasteiger partial charge in [0, 0.05) is 10.8 Å². The molecule has 134 valence electrons. The summed E-state index contributed by atoms with van der Waals surface area (Å²) in [5.74, 6) is 0.592. The van der Waals surface area contributed by atoms with Crippen LogP contribution in [0.25, 0.3) is 10.8 Å². The Labute approximate surface area is 161 Å². The first kappa shape index (κ1) is 17.2. The van der Waals surface area contributed by atoms with Crippen LogP contribution in [-0.4, -0.2) is 26.2 Å². The van der Waals surface area contributed by atoms with Gasteiger partial charge < -0.3 is 0 Å². The fraction of sp³-hybridized carbons (Fsp3) is 0.100. The predicted octanol–water partition coefficient (Wildman–Crippen LogP) is 4.28. The van der Waals surface area contributed by atoms with Crippen molar-refractivity contribution in [3.8, 4) is 0 Å².